The quantitative estimate of drug-likeness (QED) is 0.434. The Labute approximate surface area is 131 Å². The lowest BCUT2D eigenvalue weighted by Gasteiger charge is -2.19. The van der Waals surface area contributed by atoms with Gasteiger partial charge in [0, 0.05) is 8.97 Å². The largest absolute Gasteiger partial charge is 0.424 e. The zero-order valence-corrected chi connectivity index (χ0v) is 13.9. The number of esters is 1. The van der Waals surface area contributed by atoms with E-state index in [-0.39, 0.29) is 5.97 Å². The molecule has 1 aromatic heterocycles. The van der Waals surface area contributed by atoms with Crippen LogP contribution in [0.25, 0.3) is 10.9 Å². The first-order chi connectivity index (χ1) is 8.59. The van der Waals surface area contributed by atoms with E-state index in [0.29, 0.717) is 12.2 Å². The Morgan fingerprint density at radius 1 is 1.39 bits per heavy atom. The second-order valence-corrected chi connectivity index (χ2v) is 6.81. The lowest BCUT2D eigenvalue weighted by molar-refractivity contribution is 0.0560. The standard InChI is InChI=1S/C13H9I2NO2/c1-7(14)10-6-16-9-5-3-2-4-8(9)11(15)12(16)13(17)18-10/h2-5H,6H2,1H3/b10-7+. The first kappa shape index (κ1) is 12.5. The molecule has 0 saturated carbocycles. The highest BCUT2D eigenvalue weighted by atomic mass is 127. The van der Waals surface area contributed by atoms with Crippen LogP contribution in [0.4, 0.5) is 0 Å². The maximum atomic E-state index is 12.1. The normalized spacial score (nSPS) is 17.6. The number of allylic oxidation sites excluding steroid dienone is 2. The average molecular weight is 465 g/mol. The fourth-order valence-electron chi connectivity index (χ4n) is 2.14. The fourth-order valence-corrected chi connectivity index (χ4v) is 3.39. The Balaban J connectivity index is 2.34. The molecular weight excluding hydrogens is 456 g/mol. The number of para-hydroxylation sites is 1. The summed E-state index contributed by atoms with van der Waals surface area (Å²) in [5.41, 5.74) is 1.75. The van der Waals surface area contributed by atoms with Crippen molar-refractivity contribution in [3.8, 4) is 0 Å². The zero-order valence-electron chi connectivity index (χ0n) is 9.54. The molecule has 0 N–H and O–H groups in total. The van der Waals surface area contributed by atoms with E-state index < -0.39 is 0 Å². The Hall–Kier alpha value is -0.570. The van der Waals surface area contributed by atoms with Crippen LogP contribution < -0.4 is 0 Å². The molecule has 5 heteroatoms. The molecule has 2 aromatic rings. The predicted molar refractivity (Wildman–Crippen MR) is 86.8 cm³/mol. The summed E-state index contributed by atoms with van der Waals surface area (Å²) in [6.07, 6.45) is 0. The Morgan fingerprint density at radius 2 is 2.11 bits per heavy atom. The third-order valence-corrected chi connectivity index (χ3v) is 4.70. The molecule has 0 unspecified atom stereocenters. The summed E-state index contributed by atoms with van der Waals surface area (Å²) in [5, 5.41) is 1.11. The van der Waals surface area contributed by atoms with Crippen molar-refractivity contribution in [2.24, 2.45) is 0 Å². The third-order valence-electron chi connectivity index (χ3n) is 3.00. The summed E-state index contributed by atoms with van der Waals surface area (Å²) in [4.78, 5) is 12.1. The van der Waals surface area contributed by atoms with E-state index in [1.807, 2.05) is 35.8 Å². The molecule has 3 nitrogen and oxygen atoms in total. The van der Waals surface area contributed by atoms with Crippen LogP contribution in [0.1, 0.15) is 17.4 Å². The van der Waals surface area contributed by atoms with Crippen LogP contribution in [0.5, 0.6) is 0 Å². The van der Waals surface area contributed by atoms with Gasteiger partial charge in [-0.25, -0.2) is 4.79 Å². The second-order valence-electron chi connectivity index (χ2n) is 4.11. The van der Waals surface area contributed by atoms with E-state index in [0.717, 1.165) is 23.8 Å². The van der Waals surface area contributed by atoms with Crippen molar-refractivity contribution in [1.29, 1.82) is 0 Å². The van der Waals surface area contributed by atoms with Crippen molar-refractivity contribution < 1.29 is 9.53 Å². The van der Waals surface area contributed by atoms with Gasteiger partial charge in [-0.05, 0) is 58.2 Å². The van der Waals surface area contributed by atoms with Gasteiger partial charge >= 0.3 is 5.97 Å². The summed E-state index contributed by atoms with van der Waals surface area (Å²) in [6, 6.07) is 8.06. The molecule has 2 heterocycles. The zero-order chi connectivity index (χ0) is 12.9. The number of nitrogens with zero attached hydrogens (tertiary/aromatic N) is 1. The highest BCUT2D eigenvalue weighted by molar-refractivity contribution is 14.1. The number of benzene rings is 1. The van der Waals surface area contributed by atoms with Gasteiger partial charge in [0.2, 0.25) is 0 Å². The van der Waals surface area contributed by atoms with Crippen molar-refractivity contribution in [2.45, 2.75) is 13.5 Å². The second kappa shape index (κ2) is 4.52. The minimum atomic E-state index is -0.257. The summed E-state index contributed by atoms with van der Waals surface area (Å²) in [6.45, 7) is 2.57. The van der Waals surface area contributed by atoms with Crippen LogP contribution in [0, 0.1) is 3.57 Å². The van der Waals surface area contributed by atoms with Gasteiger partial charge in [-0.15, -0.1) is 0 Å². The van der Waals surface area contributed by atoms with Crippen LogP contribution in [0.3, 0.4) is 0 Å². The number of aromatic nitrogens is 1. The van der Waals surface area contributed by atoms with Crippen molar-refractivity contribution in [3.05, 3.63) is 42.9 Å². The van der Waals surface area contributed by atoms with Crippen LogP contribution in [-0.2, 0) is 11.3 Å². The Bertz CT molecular complexity index is 696. The number of carbonyl (C=O) groups is 1. The molecule has 0 saturated heterocycles. The fraction of sp³-hybridized carbons (Fsp3) is 0.154. The van der Waals surface area contributed by atoms with Crippen molar-refractivity contribution in [2.75, 3.05) is 0 Å². The van der Waals surface area contributed by atoms with E-state index in [2.05, 4.69) is 45.2 Å². The molecule has 0 fully saturated rings. The van der Waals surface area contributed by atoms with Crippen LogP contribution >= 0.6 is 45.2 Å². The number of cyclic esters (lactones) is 1. The number of hydrogen-bond donors (Lipinski definition) is 0. The topological polar surface area (TPSA) is 31.2 Å². The number of carbonyl (C=O) groups excluding carboxylic acids is 1. The van der Waals surface area contributed by atoms with E-state index >= 15 is 0 Å². The average Bonchev–Trinajstić information content (AvgIpc) is 2.64. The summed E-state index contributed by atoms with van der Waals surface area (Å²) in [7, 11) is 0. The first-order valence-electron chi connectivity index (χ1n) is 5.43. The molecule has 0 bridgehead atoms. The van der Waals surface area contributed by atoms with Gasteiger partial charge in [-0.1, -0.05) is 18.2 Å². The van der Waals surface area contributed by atoms with Gasteiger partial charge in [0.05, 0.1) is 15.6 Å². The monoisotopic (exact) mass is 465 g/mol. The maximum absolute atomic E-state index is 12.1. The van der Waals surface area contributed by atoms with Crippen molar-refractivity contribution in [3.63, 3.8) is 0 Å². The van der Waals surface area contributed by atoms with Gasteiger partial charge in [0.25, 0.3) is 0 Å². The SMILES string of the molecule is C/C(I)=C1/Cn2c(c(I)c3ccccc32)C(=O)O1. The Morgan fingerprint density at radius 3 is 2.83 bits per heavy atom. The van der Waals surface area contributed by atoms with Crippen LogP contribution in [0.15, 0.2) is 33.6 Å². The summed E-state index contributed by atoms with van der Waals surface area (Å²) in [5.74, 6) is 0.484. The van der Waals surface area contributed by atoms with Gasteiger partial charge in [0.1, 0.15) is 11.5 Å². The molecule has 0 amide bonds. The van der Waals surface area contributed by atoms with E-state index in [9.17, 15) is 4.79 Å². The highest BCUT2D eigenvalue weighted by Crippen LogP contribution is 2.33. The number of rotatable bonds is 0. The molecule has 3 rings (SSSR count). The number of fused-ring (bicyclic) bond motifs is 3. The van der Waals surface area contributed by atoms with Crippen LogP contribution in [0.2, 0.25) is 0 Å². The molecule has 0 radical (unpaired) electrons. The van der Waals surface area contributed by atoms with Crippen LogP contribution in [-0.4, -0.2) is 10.5 Å². The number of hydrogen-bond acceptors (Lipinski definition) is 2. The molecule has 18 heavy (non-hydrogen) atoms. The van der Waals surface area contributed by atoms with E-state index in [1.165, 1.54) is 0 Å². The predicted octanol–water partition coefficient (Wildman–Crippen LogP) is 4.08. The molecule has 1 aliphatic heterocycles. The number of halogens is 2. The summed E-state index contributed by atoms with van der Waals surface area (Å²) >= 11 is 4.41. The lowest BCUT2D eigenvalue weighted by atomic mass is 10.2. The van der Waals surface area contributed by atoms with Crippen molar-refractivity contribution in [1.82, 2.24) is 4.57 Å². The Kier molecular flexibility index (Phi) is 3.13. The molecule has 0 atom stereocenters. The minimum absolute atomic E-state index is 0.257. The van der Waals surface area contributed by atoms with Gasteiger partial charge in [0.15, 0.2) is 0 Å². The molecule has 1 aliphatic rings. The first-order valence-corrected chi connectivity index (χ1v) is 7.59. The lowest BCUT2D eigenvalue weighted by Crippen LogP contribution is -2.22. The number of ether oxygens (including phenoxy) is 1. The smallest absolute Gasteiger partial charge is 0.361 e. The van der Waals surface area contributed by atoms with E-state index in [4.69, 9.17) is 4.74 Å². The molecule has 0 spiro atoms. The molecule has 0 aliphatic carbocycles. The van der Waals surface area contributed by atoms with Crippen molar-refractivity contribution >= 4 is 62.1 Å². The summed E-state index contributed by atoms with van der Waals surface area (Å²) < 4.78 is 9.42. The molecule has 92 valence electrons. The van der Waals surface area contributed by atoms with Gasteiger partial charge < -0.3 is 9.30 Å². The minimum Gasteiger partial charge on any atom is -0.424 e. The van der Waals surface area contributed by atoms with Gasteiger partial charge in [-0.3, -0.25) is 0 Å². The van der Waals surface area contributed by atoms with Gasteiger partial charge in [-0.2, -0.15) is 0 Å². The molecule has 1 aromatic carbocycles. The molecular formula is C13H9I2NO2. The third kappa shape index (κ3) is 1.78. The maximum Gasteiger partial charge on any atom is 0.361 e. The highest BCUT2D eigenvalue weighted by Gasteiger charge is 2.28. The van der Waals surface area contributed by atoms with E-state index in [1.54, 1.807) is 0 Å².